The van der Waals surface area contributed by atoms with Crippen molar-refractivity contribution in [3.63, 3.8) is 0 Å². The normalized spacial score (nSPS) is 20.6. The Balaban J connectivity index is 1.56. The van der Waals surface area contributed by atoms with Crippen molar-refractivity contribution in [2.75, 3.05) is 33.9 Å². The van der Waals surface area contributed by atoms with Gasteiger partial charge in [0.1, 0.15) is 6.10 Å². The summed E-state index contributed by atoms with van der Waals surface area (Å²) >= 11 is 0. The maximum absolute atomic E-state index is 13.7. The van der Waals surface area contributed by atoms with Crippen molar-refractivity contribution in [2.45, 2.75) is 63.9 Å². The summed E-state index contributed by atoms with van der Waals surface area (Å²) < 4.78 is 17.1. The lowest BCUT2D eigenvalue weighted by molar-refractivity contribution is -0.169. The molecule has 3 heterocycles. The van der Waals surface area contributed by atoms with Gasteiger partial charge in [-0.3, -0.25) is 4.79 Å². The molecule has 2 aromatic rings. The Kier molecular flexibility index (Phi) is 8.04. The Morgan fingerprint density at radius 2 is 1.97 bits per heavy atom. The summed E-state index contributed by atoms with van der Waals surface area (Å²) in [6.07, 6.45) is 0.370. The van der Waals surface area contributed by atoms with Gasteiger partial charge >= 0.3 is 12.1 Å². The van der Waals surface area contributed by atoms with Crippen LogP contribution in [0.25, 0.3) is 11.0 Å². The topological polar surface area (TPSA) is 137 Å². The van der Waals surface area contributed by atoms with E-state index in [1.807, 2.05) is 35.6 Å². The molecule has 2 aromatic heterocycles. The van der Waals surface area contributed by atoms with Crippen molar-refractivity contribution < 1.29 is 28.6 Å². The molecule has 0 radical (unpaired) electrons. The second-order valence-corrected chi connectivity index (χ2v) is 9.15. The molecule has 2 N–H and O–H groups in total. The fourth-order valence-electron chi connectivity index (χ4n) is 4.52. The molecule has 196 valence electrons. The van der Waals surface area contributed by atoms with Crippen molar-refractivity contribution in [3.8, 4) is 0 Å². The summed E-state index contributed by atoms with van der Waals surface area (Å²) in [6, 6.07) is 3.69. The average Bonchev–Trinajstić information content (AvgIpc) is 3.66. The zero-order valence-corrected chi connectivity index (χ0v) is 21.2. The molecule has 1 saturated heterocycles. The van der Waals surface area contributed by atoms with Gasteiger partial charge in [0, 0.05) is 43.3 Å². The van der Waals surface area contributed by atoms with Gasteiger partial charge in [-0.2, -0.15) is 5.10 Å². The van der Waals surface area contributed by atoms with Crippen LogP contribution in [0.3, 0.4) is 0 Å². The lowest BCUT2D eigenvalue weighted by Gasteiger charge is -2.35. The molecule has 1 aliphatic carbocycles. The van der Waals surface area contributed by atoms with Crippen LogP contribution < -0.4 is 10.6 Å². The molecule has 3 atom stereocenters. The number of ether oxygens (including phenoxy) is 3. The second kappa shape index (κ2) is 11.2. The van der Waals surface area contributed by atoms with Gasteiger partial charge in [0.15, 0.2) is 11.8 Å². The predicted molar refractivity (Wildman–Crippen MR) is 129 cm³/mol. The number of pyridine rings is 1. The van der Waals surface area contributed by atoms with E-state index in [1.54, 1.807) is 0 Å². The molecular weight excluding hydrogens is 468 g/mol. The first kappa shape index (κ1) is 25.8. The molecule has 0 aromatic carbocycles. The van der Waals surface area contributed by atoms with E-state index in [2.05, 4.69) is 15.4 Å². The molecule has 2 fully saturated rings. The molecule has 12 heteroatoms. The summed E-state index contributed by atoms with van der Waals surface area (Å²) in [5.41, 5.74) is 2.35. The highest BCUT2D eigenvalue weighted by Gasteiger charge is 2.43. The SMILES string of the molecule is COC(=O)NCCCn1nc([C@@H](C)N(C(=O)[C@H]2CNC[C@@H](C(=O)OC)O2)C2CC2)c2ccc(C)nc21. The zero-order valence-electron chi connectivity index (χ0n) is 21.2. The molecule has 1 saturated carbocycles. The van der Waals surface area contributed by atoms with E-state index in [0.717, 1.165) is 35.3 Å². The Morgan fingerprint density at radius 3 is 2.67 bits per heavy atom. The Labute approximate surface area is 209 Å². The first-order chi connectivity index (χ1) is 17.3. The summed E-state index contributed by atoms with van der Waals surface area (Å²) in [6.45, 7) is 5.49. The standard InChI is InChI=1S/C24H34N6O6/c1-14-6-9-17-20(28-29(21(17)27-14)11-5-10-26-24(33)35-4)15(2)30(16-7-8-16)22(31)18-12-25-13-19(36-18)23(32)34-3/h6,9,15-16,18-19,25H,5,7-8,10-13H2,1-4H3,(H,26,33)/t15-,18-,19+/m1/s1. The molecule has 36 heavy (non-hydrogen) atoms. The first-order valence-corrected chi connectivity index (χ1v) is 12.3. The summed E-state index contributed by atoms with van der Waals surface area (Å²) in [5, 5.41) is 11.5. The van der Waals surface area contributed by atoms with Gasteiger partial charge in [0.05, 0.1) is 26.0 Å². The quantitative estimate of drug-likeness (QED) is 0.381. The highest BCUT2D eigenvalue weighted by molar-refractivity contribution is 5.85. The van der Waals surface area contributed by atoms with Crippen LogP contribution in [0.1, 0.15) is 43.6 Å². The van der Waals surface area contributed by atoms with Gasteiger partial charge in [-0.1, -0.05) is 0 Å². The third-order valence-corrected chi connectivity index (χ3v) is 6.50. The second-order valence-electron chi connectivity index (χ2n) is 9.15. The van der Waals surface area contributed by atoms with Gasteiger partial charge in [0.2, 0.25) is 0 Å². The number of amides is 2. The van der Waals surface area contributed by atoms with Gasteiger partial charge in [-0.25, -0.2) is 19.3 Å². The Hall–Kier alpha value is -3.25. The number of aromatic nitrogens is 3. The van der Waals surface area contributed by atoms with Crippen LogP contribution >= 0.6 is 0 Å². The number of esters is 1. The first-order valence-electron chi connectivity index (χ1n) is 12.3. The zero-order chi connectivity index (χ0) is 25.8. The fraction of sp³-hybridized carbons (Fsp3) is 0.625. The monoisotopic (exact) mass is 502 g/mol. The van der Waals surface area contributed by atoms with Crippen LogP contribution in [0, 0.1) is 6.92 Å². The lowest BCUT2D eigenvalue weighted by Crippen LogP contribution is -2.55. The number of methoxy groups -OCH3 is 2. The van der Waals surface area contributed by atoms with Crippen molar-refractivity contribution in [3.05, 3.63) is 23.5 Å². The Morgan fingerprint density at radius 1 is 1.22 bits per heavy atom. The van der Waals surface area contributed by atoms with Gasteiger partial charge in [-0.15, -0.1) is 0 Å². The van der Waals surface area contributed by atoms with Crippen LogP contribution in [-0.2, 0) is 30.3 Å². The molecule has 0 unspecified atom stereocenters. The van der Waals surface area contributed by atoms with Gasteiger partial charge in [0.25, 0.3) is 5.91 Å². The number of hydrogen-bond donors (Lipinski definition) is 2. The van der Waals surface area contributed by atoms with E-state index in [1.165, 1.54) is 14.2 Å². The van der Waals surface area contributed by atoms with E-state index in [-0.39, 0.29) is 18.0 Å². The number of fused-ring (bicyclic) bond motifs is 1. The van der Waals surface area contributed by atoms with Crippen molar-refractivity contribution in [1.29, 1.82) is 0 Å². The molecule has 2 amide bonds. The van der Waals surface area contributed by atoms with Gasteiger partial charge in [-0.05, 0) is 45.2 Å². The largest absolute Gasteiger partial charge is 0.467 e. The highest BCUT2D eigenvalue weighted by Crippen LogP contribution is 2.37. The van der Waals surface area contributed by atoms with Crippen LogP contribution in [0.4, 0.5) is 4.79 Å². The molecule has 4 rings (SSSR count). The van der Waals surface area contributed by atoms with E-state index in [4.69, 9.17) is 19.6 Å². The summed E-state index contributed by atoms with van der Waals surface area (Å²) in [7, 11) is 2.63. The third kappa shape index (κ3) is 5.59. The number of carbonyl (C=O) groups excluding carboxylic acids is 3. The number of alkyl carbamates (subject to hydrolysis) is 1. The number of aryl methyl sites for hydroxylation is 2. The third-order valence-electron chi connectivity index (χ3n) is 6.50. The molecular formula is C24H34N6O6. The molecule has 0 spiro atoms. The summed E-state index contributed by atoms with van der Waals surface area (Å²) in [4.78, 5) is 43.5. The van der Waals surface area contributed by atoms with E-state index < -0.39 is 24.3 Å². The number of carbonyl (C=O) groups is 3. The predicted octanol–water partition coefficient (Wildman–Crippen LogP) is 1.07. The number of nitrogens with one attached hydrogen (secondary N) is 2. The minimum Gasteiger partial charge on any atom is -0.467 e. The van der Waals surface area contributed by atoms with Crippen molar-refractivity contribution in [2.24, 2.45) is 0 Å². The molecule has 12 nitrogen and oxygen atoms in total. The fourth-order valence-corrected chi connectivity index (χ4v) is 4.52. The van der Waals surface area contributed by atoms with Crippen molar-refractivity contribution in [1.82, 2.24) is 30.3 Å². The number of rotatable bonds is 9. The average molecular weight is 503 g/mol. The molecule has 0 bridgehead atoms. The van der Waals surface area contributed by atoms with Crippen LogP contribution in [0.5, 0.6) is 0 Å². The smallest absolute Gasteiger partial charge is 0.406 e. The Bertz CT molecular complexity index is 1120. The van der Waals surface area contributed by atoms with E-state index >= 15 is 0 Å². The highest BCUT2D eigenvalue weighted by atomic mass is 16.6. The van der Waals surface area contributed by atoms with Crippen LogP contribution in [-0.4, -0.2) is 89.7 Å². The maximum atomic E-state index is 13.7. The summed E-state index contributed by atoms with van der Waals surface area (Å²) in [5.74, 6) is -0.671. The van der Waals surface area contributed by atoms with Crippen molar-refractivity contribution >= 4 is 29.0 Å². The number of hydrogen-bond acceptors (Lipinski definition) is 9. The van der Waals surface area contributed by atoms with Crippen LogP contribution in [0.15, 0.2) is 12.1 Å². The van der Waals surface area contributed by atoms with E-state index in [9.17, 15) is 14.4 Å². The maximum Gasteiger partial charge on any atom is 0.406 e. The minimum absolute atomic E-state index is 0.0949. The van der Waals surface area contributed by atoms with E-state index in [0.29, 0.717) is 32.6 Å². The molecule has 2 aliphatic rings. The number of nitrogens with zero attached hydrogens (tertiary/aromatic N) is 4. The number of morpholine rings is 1. The van der Waals surface area contributed by atoms with Crippen LogP contribution in [0.2, 0.25) is 0 Å². The van der Waals surface area contributed by atoms with Gasteiger partial charge < -0.3 is 29.7 Å². The minimum atomic E-state index is -0.820. The lowest BCUT2D eigenvalue weighted by atomic mass is 10.1. The molecule has 1 aliphatic heterocycles.